The van der Waals surface area contributed by atoms with Gasteiger partial charge in [-0.2, -0.15) is 5.26 Å². The Morgan fingerprint density at radius 3 is 2.25 bits per heavy atom. The van der Waals surface area contributed by atoms with Crippen molar-refractivity contribution in [1.29, 1.82) is 5.26 Å². The first kappa shape index (κ1) is 46.0. The van der Waals surface area contributed by atoms with Crippen LogP contribution in [0, 0.1) is 17.2 Å². The Hall–Kier alpha value is -3.51. The molecule has 12 nitrogen and oxygen atoms in total. The van der Waals surface area contributed by atoms with E-state index >= 15 is 0 Å². The minimum absolute atomic E-state index is 0.0313. The minimum atomic E-state index is -3.68. The average molecular weight is 895 g/mol. The Morgan fingerprint density at radius 1 is 0.900 bits per heavy atom. The second-order valence-electron chi connectivity index (χ2n) is 15.7. The van der Waals surface area contributed by atoms with Gasteiger partial charge in [0.1, 0.15) is 12.1 Å². The molecule has 60 heavy (non-hydrogen) atoms. The number of amides is 3. The first-order valence-electron chi connectivity index (χ1n) is 21.1. The highest BCUT2D eigenvalue weighted by Gasteiger charge is 2.47. The number of carbonyl (C=O) groups excluding carboxylic acids is 5. The van der Waals surface area contributed by atoms with Gasteiger partial charge >= 0.3 is 7.60 Å². The van der Waals surface area contributed by atoms with Crippen LogP contribution in [0.25, 0.3) is 10.1 Å². The molecule has 16 heteroatoms. The third-order valence-corrected chi connectivity index (χ3v) is 16.1. The first-order chi connectivity index (χ1) is 29.0. The standard InChI is InChI=1S/C44H55N4O8PS3/c1-3-10-40(49)58-22-20-55-57(54,56-21-23-59-41(50)11-4-2)29-30-16-19-38-32(24-30)25-39(60-38)42(51)46-36-15-9-8-14-34-17-18-37(48(34)43(36)52)44(53)47-27-33(26-45)35(28-47)31-12-6-5-7-13-31/h5-7,12-13,16,19,24-25,33-37H,3-4,8-11,14-15,17-18,20-23,27-29H2,1-2H3,(H,46,51)/t33-,34+,35+,36+,37+/m1/s1. The smallest absolute Gasteiger partial charge is 0.335 e. The van der Waals surface area contributed by atoms with Crippen LogP contribution >= 0.6 is 42.5 Å². The largest absolute Gasteiger partial charge is 0.340 e. The molecule has 1 aromatic heterocycles. The molecule has 2 aromatic carbocycles. The van der Waals surface area contributed by atoms with Crippen LogP contribution in [0.15, 0.2) is 54.6 Å². The average Bonchev–Trinajstić information content (AvgIpc) is 3.99. The topological polar surface area (TPSA) is 163 Å². The zero-order valence-corrected chi connectivity index (χ0v) is 37.7. The molecule has 3 aliphatic rings. The van der Waals surface area contributed by atoms with Gasteiger partial charge in [-0.15, -0.1) is 11.3 Å². The third kappa shape index (κ3) is 11.9. The van der Waals surface area contributed by atoms with Gasteiger partial charge in [-0.1, -0.05) is 86.6 Å². The van der Waals surface area contributed by atoms with Crippen molar-refractivity contribution in [2.24, 2.45) is 5.92 Å². The molecule has 6 rings (SSSR count). The molecule has 4 heterocycles. The van der Waals surface area contributed by atoms with Gasteiger partial charge in [-0.3, -0.25) is 28.5 Å². The van der Waals surface area contributed by atoms with Crippen molar-refractivity contribution in [3.63, 3.8) is 0 Å². The van der Waals surface area contributed by atoms with Crippen molar-refractivity contribution in [2.45, 2.75) is 108 Å². The molecule has 3 aromatic rings. The zero-order chi connectivity index (χ0) is 42.6. The second kappa shape index (κ2) is 22.0. The van der Waals surface area contributed by atoms with Crippen LogP contribution in [0.1, 0.15) is 105 Å². The van der Waals surface area contributed by atoms with Crippen molar-refractivity contribution in [3.8, 4) is 6.07 Å². The van der Waals surface area contributed by atoms with Gasteiger partial charge in [-0.05, 0) is 73.2 Å². The van der Waals surface area contributed by atoms with Crippen molar-refractivity contribution in [1.82, 2.24) is 15.1 Å². The van der Waals surface area contributed by atoms with Gasteiger partial charge in [0, 0.05) is 54.1 Å². The highest BCUT2D eigenvalue weighted by molar-refractivity contribution is 8.13. The Bertz CT molecular complexity index is 2060. The SMILES string of the molecule is CCCC(=O)SCCOP(=O)(Cc1ccc2sc(C(=O)N[C@H]3CCCC[C@H]4CC[C@@H](C(=O)N5C[C@@H](C#N)[C@H](c6ccccc6)C5)N4C3=O)cc2c1)OCCSC(=O)CCC. The summed E-state index contributed by atoms with van der Waals surface area (Å²) in [6.45, 7) is 4.75. The van der Waals surface area contributed by atoms with E-state index in [0.29, 0.717) is 60.7 Å². The number of nitrogens with zero attached hydrogens (tertiary/aromatic N) is 3. The van der Waals surface area contributed by atoms with E-state index in [-0.39, 0.29) is 65.2 Å². The fraction of sp³-hybridized carbons (Fsp3) is 0.545. The summed E-state index contributed by atoms with van der Waals surface area (Å²) >= 11 is 3.58. The predicted octanol–water partition coefficient (Wildman–Crippen LogP) is 8.55. The lowest BCUT2D eigenvalue weighted by molar-refractivity contribution is -0.146. The second-order valence-corrected chi connectivity index (χ2v) is 21.1. The summed E-state index contributed by atoms with van der Waals surface area (Å²) in [5.74, 6) is -0.481. The lowest BCUT2D eigenvalue weighted by Crippen LogP contribution is -2.56. The van der Waals surface area contributed by atoms with Crippen LogP contribution in [-0.2, 0) is 39.0 Å². The fourth-order valence-corrected chi connectivity index (χ4v) is 12.7. The number of hydrogen-bond acceptors (Lipinski definition) is 12. The van der Waals surface area contributed by atoms with E-state index in [0.717, 1.165) is 77.7 Å². The number of rotatable bonds is 18. The van der Waals surface area contributed by atoms with E-state index < -0.39 is 19.7 Å². The maximum Gasteiger partial charge on any atom is 0.335 e. The van der Waals surface area contributed by atoms with Crippen molar-refractivity contribution in [3.05, 3.63) is 70.6 Å². The number of thiophene rings is 1. The number of likely N-dealkylation sites (tertiary alicyclic amines) is 1. The summed E-state index contributed by atoms with van der Waals surface area (Å²) in [4.78, 5) is 70.3. The molecule has 3 amide bonds. The number of nitriles is 1. The molecule has 0 aliphatic carbocycles. The molecule has 0 unspecified atom stereocenters. The van der Waals surface area contributed by atoms with E-state index in [1.54, 1.807) is 15.9 Å². The van der Waals surface area contributed by atoms with Crippen LogP contribution in [0.4, 0.5) is 0 Å². The molecule has 0 saturated carbocycles. The van der Waals surface area contributed by atoms with Crippen LogP contribution in [0.2, 0.25) is 0 Å². The summed E-state index contributed by atoms with van der Waals surface area (Å²) in [5.41, 5.74) is 1.71. The molecule has 3 aliphatic heterocycles. The molecular formula is C44H55N4O8PS3. The van der Waals surface area contributed by atoms with E-state index in [4.69, 9.17) is 9.05 Å². The van der Waals surface area contributed by atoms with Crippen LogP contribution < -0.4 is 5.32 Å². The molecule has 322 valence electrons. The maximum absolute atomic E-state index is 14.4. The van der Waals surface area contributed by atoms with Crippen LogP contribution in [-0.4, -0.2) is 93.7 Å². The van der Waals surface area contributed by atoms with Crippen LogP contribution in [0.5, 0.6) is 0 Å². The lowest BCUT2D eigenvalue weighted by Gasteiger charge is -2.36. The number of benzene rings is 2. The van der Waals surface area contributed by atoms with Crippen molar-refractivity contribution in [2.75, 3.05) is 37.8 Å². The van der Waals surface area contributed by atoms with Crippen LogP contribution in [0.3, 0.4) is 0 Å². The molecule has 3 saturated heterocycles. The number of thioether (sulfide) groups is 2. The van der Waals surface area contributed by atoms with Gasteiger partial charge in [0.15, 0.2) is 10.2 Å². The number of carbonyl (C=O) groups is 5. The van der Waals surface area contributed by atoms with Gasteiger partial charge in [0.25, 0.3) is 5.91 Å². The highest BCUT2D eigenvalue weighted by atomic mass is 32.2. The van der Waals surface area contributed by atoms with Gasteiger partial charge in [0.2, 0.25) is 11.8 Å². The van der Waals surface area contributed by atoms with Crippen molar-refractivity contribution < 1.29 is 37.6 Å². The first-order valence-corrected chi connectivity index (χ1v) is 25.6. The normalized spacial score (nSPS) is 21.9. The summed E-state index contributed by atoms with van der Waals surface area (Å²) in [6, 6.07) is 18.0. The molecule has 5 atom stereocenters. The Labute approximate surface area is 365 Å². The molecule has 0 radical (unpaired) electrons. The van der Waals surface area contributed by atoms with E-state index in [1.807, 2.05) is 62.4 Å². The number of hydrogen-bond donors (Lipinski definition) is 1. The predicted molar refractivity (Wildman–Crippen MR) is 238 cm³/mol. The third-order valence-electron chi connectivity index (χ3n) is 11.3. The summed E-state index contributed by atoms with van der Waals surface area (Å²) in [6.07, 6.45) is 6.58. The number of fused-ring (bicyclic) bond motifs is 2. The van der Waals surface area contributed by atoms with Crippen molar-refractivity contribution >= 4 is 80.5 Å². The number of nitrogens with one attached hydrogen (secondary N) is 1. The monoisotopic (exact) mass is 894 g/mol. The fourth-order valence-electron chi connectivity index (χ4n) is 8.37. The van der Waals surface area contributed by atoms with E-state index in [2.05, 4.69) is 11.4 Å². The summed E-state index contributed by atoms with van der Waals surface area (Å²) < 4.78 is 26.5. The van der Waals surface area contributed by atoms with E-state index in [1.165, 1.54) is 11.3 Å². The van der Waals surface area contributed by atoms with Gasteiger partial charge in [0.05, 0.1) is 36.2 Å². The van der Waals surface area contributed by atoms with E-state index in [9.17, 15) is 33.8 Å². The highest BCUT2D eigenvalue weighted by Crippen LogP contribution is 2.52. The van der Waals surface area contributed by atoms with Gasteiger partial charge < -0.3 is 24.2 Å². The molecule has 0 spiro atoms. The summed E-state index contributed by atoms with van der Waals surface area (Å²) in [7, 11) is -3.68. The lowest BCUT2D eigenvalue weighted by atomic mass is 9.90. The molecular weight excluding hydrogens is 840 g/mol. The summed E-state index contributed by atoms with van der Waals surface area (Å²) in [5, 5.41) is 13.9. The quantitative estimate of drug-likeness (QED) is 0.0962. The maximum atomic E-state index is 14.4. The Kier molecular flexibility index (Phi) is 16.9. The minimum Gasteiger partial charge on any atom is -0.340 e. The Morgan fingerprint density at radius 2 is 1.58 bits per heavy atom. The molecule has 3 fully saturated rings. The Balaban J connectivity index is 1.11. The van der Waals surface area contributed by atoms with Gasteiger partial charge in [-0.25, -0.2) is 0 Å². The zero-order valence-electron chi connectivity index (χ0n) is 34.4. The molecule has 1 N–H and O–H groups in total. The molecule has 0 bridgehead atoms.